The van der Waals surface area contributed by atoms with Crippen molar-refractivity contribution in [3.63, 3.8) is 0 Å². The molecule has 0 aliphatic carbocycles. The van der Waals surface area contributed by atoms with Crippen LogP contribution in [0.2, 0.25) is 0 Å². The highest BCUT2D eigenvalue weighted by molar-refractivity contribution is 6.68. The Morgan fingerprint density at radius 1 is 1.05 bits per heavy atom. The quantitative estimate of drug-likeness (QED) is 0.771. The first-order valence-corrected chi connectivity index (χ1v) is 5.95. The summed E-state index contributed by atoms with van der Waals surface area (Å²) in [5.74, 6) is 0.0756. The molecule has 0 aliphatic heterocycles. The average Bonchev–Trinajstić information content (AvgIpc) is 2.92. The molecule has 2 aromatic rings. The number of rotatable bonds is 2. The van der Waals surface area contributed by atoms with Gasteiger partial charge in [-0.25, -0.2) is 0 Å². The zero-order valence-corrected chi connectivity index (χ0v) is 11.5. The van der Waals surface area contributed by atoms with Crippen LogP contribution < -0.4 is 0 Å². The van der Waals surface area contributed by atoms with Crippen LogP contribution in [0.1, 0.15) is 26.5 Å². The lowest BCUT2D eigenvalue weighted by Crippen LogP contribution is -2.10. The van der Waals surface area contributed by atoms with Crippen LogP contribution in [-0.2, 0) is 6.18 Å². The van der Waals surface area contributed by atoms with Gasteiger partial charge in [0, 0.05) is 11.6 Å². The summed E-state index contributed by atoms with van der Waals surface area (Å²) in [5.41, 5.74) is -1.52. The van der Waals surface area contributed by atoms with Gasteiger partial charge in [0.25, 0.3) is 10.5 Å². The fourth-order valence-electron chi connectivity index (χ4n) is 1.22. The minimum atomic E-state index is -4.54. The molecule has 1 aromatic heterocycles. The van der Waals surface area contributed by atoms with Crippen molar-refractivity contribution >= 4 is 33.7 Å². The summed E-state index contributed by atoms with van der Waals surface area (Å²) in [6.45, 7) is 0. The summed E-state index contributed by atoms with van der Waals surface area (Å²) in [6.07, 6.45) is -3.18. The lowest BCUT2D eigenvalue weighted by atomic mass is 10.1. The number of nitrogens with zero attached hydrogens (tertiary/aromatic N) is 1. The maximum absolute atomic E-state index is 12.2. The van der Waals surface area contributed by atoms with Gasteiger partial charge in [0.2, 0.25) is 5.76 Å². The monoisotopic (exact) mass is 339 g/mol. The Morgan fingerprint density at radius 2 is 1.67 bits per heavy atom. The molecule has 0 aliphatic rings. The summed E-state index contributed by atoms with van der Waals surface area (Å²) >= 11 is 9.95. The number of alkyl halides is 3. The highest BCUT2D eigenvalue weighted by Crippen LogP contribution is 2.32. The van der Waals surface area contributed by atoms with Crippen molar-refractivity contribution in [1.29, 1.82) is 0 Å². The molecule has 112 valence electrons. The van der Waals surface area contributed by atoms with Gasteiger partial charge < -0.3 is 4.52 Å². The molecule has 21 heavy (non-hydrogen) atoms. The molecule has 2 rings (SSSR count). The van der Waals surface area contributed by atoms with Crippen molar-refractivity contribution in [2.75, 3.05) is 0 Å². The average molecular weight is 340 g/mol. The molecule has 1 heterocycles. The van der Waals surface area contributed by atoms with Crippen LogP contribution in [0.5, 0.6) is 0 Å². The second-order valence-electron chi connectivity index (χ2n) is 3.47. The van der Waals surface area contributed by atoms with Gasteiger partial charge in [-0.1, -0.05) is 17.3 Å². The van der Waals surface area contributed by atoms with Crippen molar-refractivity contribution in [3.8, 4) is 0 Å². The van der Waals surface area contributed by atoms with E-state index in [-0.39, 0.29) is 5.76 Å². The van der Waals surface area contributed by atoms with Crippen molar-refractivity contribution in [1.82, 2.24) is 5.16 Å². The standard InChI is InChI=1S/C8H4ClF3O.C4H2ClNO2/c9-7(13)5-3-1-2-4-6(5)8(10,11)12;5-4(7)3-1-2-6-8-3/h1-4H;1-2H. The minimum Gasteiger partial charge on any atom is -0.352 e. The van der Waals surface area contributed by atoms with E-state index in [4.69, 9.17) is 23.2 Å². The van der Waals surface area contributed by atoms with Crippen molar-refractivity contribution < 1.29 is 27.3 Å². The zero-order chi connectivity index (χ0) is 16.0. The van der Waals surface area contributed by atoms with Crippen molar-refractivity contribution in [2.45, 2.75) is 6.18 Å². The van der Waals surface area contributed by atoms with E-state index in [2.05, 4.69) is 9.68 Å². The first kappa shape index (κ1) is 17.2. The molecule has 0 spiro atoms. The number of hydrogen-bond donors (Lipinski definition) is 0. The van der Waals surface area contributed by atoms with Gasteiger partial charge in [0.05, 0.1) is 11.8 Å². The smallest absolute Gasteiger partial charge is 0.352 e. The molecule has 0 radical (unpaired) electrons. The van der Waals surface area contributed by atoms with E-state index in [0.717, 1.165) is 12.1 Å². The first-order valence-electron chi connectivity index (χ1n) is 5.20. The molecule has 1 aromatic carbocycles. The Labute approximate surface area is 126 Å². The SMILES string of the molecule is O=C(Cl)c1ccccc1C(F)(F)F.O=C(Cl)c1ccno1. The first-order chi connectivity index (χ1) is 9.73. The Morgan fingerprint density at radius 3 is 2.00 bits per heavy atom. The van der Waals surface area contributed by atoms with Crippen LogP contribution >= 0.6 is 23.2 Å². The lowest BCUT2D eigenvalue weighted by molar-refractivity contribution is -0.137. The largest absolute Gasteiger partial charge is 0.417 e. The molecule has 0 atom stereocenters. The van der Waals surface area contributed by atoms with Crippen LogP contribution in [0.3, 0.4) is 0 Å². The summed E-state index contributed by atoms with van der Waals surface area (Å²) in [4.78, 5) is 20.7. The third-order valence-corrected chi connectivity index (χ3v) is 2.47. The van der Waals surface area contributed by atoms with Gasteiger partial charge in [-0.2, -0.15) is 13.2 Å². The van der Waals surface area contributed by atoms with Crippen molar-refractivity contribution in [2.24, 2.45) is 0 Å². The van der Waals surface area contributed by atoms with Crippen LogP contribution in [0.25, 0.3) is 0 Å². The Bertz CT molecular complexity index is 627. The second-order valence-corrected chi connectivity index (χ2v) is 4.15. The molecule has 0 bridgehead atoms. The molecule has 0 amide bonds. The number of aromatic nitrogens is 1. The number of hydrogen-bond acceptors (Lipinski definition) is 4. The maximum Gasteiger partial charge on any atom is 0.417 e. The summed E-state index contributed by atoms with van der Waals surface area (Å²) in [7, 11) is 0. The third-order valence-electron chi connectivity index (χ3n) is 2.08. The van der Waals surface area contributed by atoms with E-state index >= 15 is 0 Å². The molecule has 0 saturated carbocycles. The normalized spacial score (nSPS) is 10.5. The van der Waals surface area contributed by atoms with Crippen LogP contribution in [0.15, 0.2) is 41.1 Å². The lowest BCUT2D eigenvalue weighted by Gasteiger charge is -2.08. The highest BCUT2D eigenvalue weighted by atomic mass is 35.5. The zero-order valence-electron chi connectivity index (χ0n) is 10.0. The molecule has 9 heteroatoms. The Kier molecular flexibility index (Phi) is 5.92. The van der Waals surface area contributed by atoms with E-state index in [1.807, 2.05) is 0 Å². The predicted octanol–water partition coefficient (Wildman–Crippen LogP) is 4.14. The van der Waals surface area contributed by atoms with E-state index in [0.29, 0.717) is 0 Å². The molecular formula is C12H6Cl2F3NO3. The van der Waals surface area contributed by atoms with Crippen LogP contribution in [0.4, 0.5) is 13.2 Å². The fourth-order valence-corrected chi connectivity index (χ4v) is 1.48. The summed E-state index contributed by atoms with van der Waals surface area (Å²) < 4.78 is 41.0. The molecular weight excluding hydrogens is 334 g/mol. The number of halogens is 5. The Hall–Kier alpha value is -1.86. The van der Waals surface area contributed by atoms with E-state index < -0.39 is 27.8 Å². The molecule has 0 N–H and O–H groups in total. The number of carbonyl (C=O) groups is 2. The third kappa shape index (κ3) is 5.20. The topological polar surface area (TPSA) is 60.2 Å². The summed E-state index contributed by atoms with van der Waals surface area (Å²) in [6, 6.07) is 5.78. The van der Waals surface area contributed by atoms with Gasteiger partial charge >= 0.3 is 6.18 Å². The fraction of sp³-hybridized carbons (Fsp3) is 0.0833. The minimum absolute atomic E-state index is 0.0756. The summed E-state index contributed by atoms with van der Waals surface area (Å²) in [5, 5.41) is 1.54. The predicted molar refractivity (Wildman–Crippen MR) is 68.3 cm³/mol. The molecule has 0 fully saturated rings. The van der Waals surface area contributed by atoms with Gasteiger partial charge in [-0.3, -0.25) is 9.59 Å². The van der Waals surface area contributed by atoms with Gasteiger partial charge in [-0.05, 0) is 35.3 Å². The van der Waals surface area contributed by atoms with Gasteiger partial charge in [0.15, 0.2) is 0 Å². The van der Waals surface area contributed by atoms with Gasteiger partial charge in [-0.15, -0.1) is 0 Å². The van der Waals surface area contributed by atoms with Crippen LogP contribution in [-0.4, -0.2) is 15.6 Å². The van der Waals surface area contributed by atoms with Gasteiger partial charge in [0.1, 0.15) is 0 Å². The number of carbonyl (C=O) groups excluding carboxylic acids is 2. The van der Waals surface area contributed by atoms with E-state index in [9.17, 15) is 22.8 Å². The second kappa shape index (κ2) is 7.24. The number of benzene rings is 1. The van der Waals surface area contributed by atoms with E-state index in [1.54, 1.807) is 0 Å². The molecule has 4 nitrogen and oxygen atoms in total. The van der Waals surface area contributed by atoms with Crippen molar-refractivity contribution in [3.05, 3.63) is 53.4 Å². The molecule has 0 saturated heterocycles. The van der Waals surface area contributed by atoms with E-state index in [1.165, 1.54) is 24.4 Å². The maximum atomic E-state index is 12.2. The van der Waals surface area contributed by atoms with Crippen LogP contribution in [0, 0.1) is 0 Å². The highest BCUT2D eigenvalue weighted by Gasteiger charge is 2.34. The Balaban J connectivity index is 0.000000235. The molecule has 0 unspecified atom stereocenters.